The molecule has 100 valence electrons. The van der Waals surface area contributed by atoms with Gasteiger partial charge in [-0.25, -0.2) is 0 Å². The maximum Gasteiger partial charge on any atom is 0.239 e. The molecule has 18 heavy (non-hydrogen) atoms. The Bertz CT molecular complexity index is 357. The normalized spacial score (nSPS) is 17.7. The number of amides is 1. The Morgan fingerprint density at radius 1 is 1.39 bits per heavy atom. The van der Waals surface area contributed by atoms with E-state index in [9.17, 15) is 4.79 Å². The van der Waals surface area contributed by atoms with E-state index in [1.165, 1.54) is 6.42 Å². The molecule has 2 heterocycles. The van der Waals surface area contributed by atoms with Gasteiger partial charge in [-0.3, -0.25) is 9.48 Å². The fraction of sp³-hybridized carbons (Fsp3) is 0.692. The number of hydrogen-bond donors (Lipinski definition) is 1. The van der Waals surface area contributed by atoms with Crippen LogP contribution < -0.4 is 5.32 Å². The number of carbonyl (C=O) groups is 1. The van der Waals surface area contributed by atoms with Crippen LogP contribution in [0.4, 0.5) is 0 Å². The SMILES string of the molecule is C[C@@H](NCCn1cccn1)C(=O)N1CCCCC1. The lowest BCUT2D eigenvalue weighted by Crippen LogP contribution is -2.47. The average molecular weight is 250 g/mol. The molecule has 1 atom stereocenters. The summed E-state index contributed by atoms with van der Waals surface area (Å²) >= 11 is 0. The fourth-order valence-electron chi connectivity index (χ4n) is 2.30. The predicted octanol–water partition coefficient (Wildman–Crippen LogP) is 0.874. The molecule has 0 aromatic carbocycles. The second kappa shape index (κ2) is 6.54. The Morgan fingerprint density at radius 3 is 2.83 bits per heavy atom. The summed E-state index contributed by atoms with van der Waals surface area (Å²) in [4.78, 5) is 14.1. The summed E-state index contributed by atoms with van der Waals surface area (Å²) in [7, 11) is 0. The van der Waals surface area contributed by atoms with Crippen LogP contribution in [-0.4, -0.2) is 46.3 Å². The van der Waals surface area contributed by atoms with E-state index < -0.39 is 0 Å². The lowest BCUT2D eigenvalue weighted by molar-refractivity contribution is -0.133. The summed E-state index contributed by atoms with van der Waals surface area (Å²) in [5, 5.41) is 7.40. The number of piperidine rings is 1. The van der Waals surface area contributed by atoms with Crippen LogP contribution in [0.15, 0.2) is 18.5 Å². The van der Waals surface area contributed by atoms with Crippen molar-refractivity contribution in [2.75, 3.05) is 19.6 Å². The van der Waals surface area contributed by atoms with Crippen LogP contribution in [0.2, 0.25) is 0 Å². The minimum Gasteiger partial charge on any atom is -0.341 e. The molecule has 0 saturated carbocycles. The maximum atomic E-state index is 12.1. The number of nitrogens with zero attached hydrogens (tertiary/aromatic N) is 3. The predicted molar refractivity (Wildman–Crippen MR) is 70.1 cm³/mol. The Balaban J connectivity index is 1.70. The Labute approximate surface area is 108 Å². The van der Waals surface area contributed by atoms with Gasteiger partial charge in [-0.1, -0.05) is 0 Å². The molecule has 0 unspecified atom stereocenters. The van der Waals surface area contributed by atoms with Crippen LogP contribution in [-0.2, 0) is 11.3 Å². The van der Waals surface area contributed by atoms with E-state index in [1.807, 2.05) is 28.8 Å². The summed E-state index contributed by atoms with van der Waals surface area (Å²) in [6.07, 6.45) is 7.24. The molecular formula is C13H22N4O. The molecule has 1 saturated heterocycles. The Hall–Kier alpha value is -1.36. The van der Waals surface area contributed by atoms with Crippen molar-refractivity contribution in [3.63, 3.8) is 0 Å². The van der Waals surface area contributed by atoms with Crippen molar-refractivity contribution in [3.05, 3.63) is 18.5 Å². The zero-order valence-corrected chi connectivity index (χ0v) is 11.0. The van der Waals surface area contributed by atoms with Crippen molar-refractivity contribution >= 4 is 5.91 Å². The molecule has 0 bridgehead atoms. The second-order valence-corrected chi connectivity index (χ2v) is 4.83. The topological polar surface area (TPSA) is 50.2 Å². The van der Waals surface area contributed by atoms with Crippen LogP contribution in [0, 0.1) is 0 Å². The number of nitrogens with one attached hydrogen (secondary N) is 1. The van der Waals surface area contributed by atoms with Crippen molar-refractivity contribution in [1.29, 1.82) is 0 Å². The molecule has 1 aromatic heterocycles. The van der Waals surface area contributed by atoms with Crippen LogP contribution in [0.1, 0.15) is 26.2 Å². The zero-order chi connectivity index (χ0) is 12.8. The minimum absolute atomic E-state index is 0.0985. The molecule has 5 heteroatoms. The highest BCUT2D eigenvalue weighted by atomic mass is 16.2. The third-order valence-electron chi connectivity index (χ3n) is 3.39. The van der Waals surface area contributed by atoms with Crippen molar-refractivity contribution < 1.29 is 4.79 Å². The van der Waals surface area contributed by atoms with Gasteiger partial charge in [0.1, 0.15) is 0 Å². The van der Waals surface area contributed by atoms with Crippen molar-refractivity contribution in [2.24, 2.45) is 0 Å². The lowest BCUT2D eigenvalue weighted by atomic mass is 10.1. The number of aromatic nitrogens is 2. The molecule has 5 nitrogen and oxygen atoms in total. The number of likely N-dealkylation sites (tertiary alicyclic amines) is 1. The Kier molecular flexibility index (Phi) is 4.75. The van der Waals surface area contributed by atoms with Crippen LogP contribution in [0.25, 0.3) is 0 Å². The molecule has 0 aliphatic carbocycles. The highest BCUT2D eigenvalue weighted by Gasteiger charge is 2.21. The summed E-state index contributed by atoms with van der Waals surface area (Å²) < 4.78 is 1.87. The minimum atomic E-state index is -0.0985. The van der Waals surface area contributed by atoms with E-state index in [4.69, 9.17) is 0 Å². The molecule has 1 fully saturated rings. The monoisotopic (exact) mass is 250 g/mol. The molecule has 0 spiro atoms. The number of carbonyl (C=O) groups excluding carboxylic acids is 1. The second-order valence-electron chi connectivity index (χ2n) is 4.83. The van der Waals surface area contributed by atoms with Gasteiger partial charge in [0.25, 0.3) is 0 Å². The highest BCUT2D eigenvalue weighted by Crippen LogP contribution is 2.09. The van der Waals surface area contributed by atoms with Gasteiger partial charge < -0.3 is 10.2 Å². The summed E-state index contributed by atoms with van der Waals surface area (Å²) in [6, 6.07) is 1.81. The molecule has 1 N–H and O–H groups in total. The van der Waals surface area contributed by atoms with E-state index in [-0.39, 0.29) is 11.9 Å². The summed E-state index contributed by atoms with van der Waals surface area (Å²) in [6.45, 7) is 5.35. The zero-order valence-electron chi connectivity index (χ0n) is 11.0. The van der Waals surface area contributed by atoms with E-state index in [0.29, 0.717) is 0 Å². The van der Waals surface area contributed by atoms with Gasteiger partial charge >= 0.3 is 0 Å². The summed E-state index contributed by atoms with van der Waals surface area (Å²) in [5.41, 5.74) is 0. The molecule has 1 aromatic rings. The molecule has 1 amide bonds. The number of hydrogen-bond acceptors (Lipinski definition) is 3. The molecule has 1 aliphatic heterocycles. The first-order chi connectivity index (χ1) is 8.77. The lowest BCUT2D eigenvalue weighted by Gasteiger charge is -2.29. The Morgan fingerprint density at radius 2 is 2.17 bits per heavy atom. The smallest absolute Gasteiger partial charge is 0.239 e. The van der Waals surface area contributed by atoms with E-state index in [1.54, 1.807) is 6.20 Å². The van der Waals surface area contributed by atoms with Crippen LogP contribution in [0.3, 0.4) is 0 Å². The average Bonchev–Trinajstić information content (AvgIpc) is 2.92. The first-order valence-electron chi connectivity index (χ1n) is 6.77. The first kappa shape index (κ1) is 13.1. The van der Waals surface area contributed by atoms with Crippen LogP contribution in [0.5, 0.6) is 0 Å². The molecule has 0 radical (unpaired) electrons. The standard InChI is InChI=1S/C13H22N4O/c1-12(13(18)16-8-3-2-4-9-16)14-7-11-17-10-5-6-15-17/h5-6,10,12,14H,2-4,7-9,11H2,1H3/t12-/m1/s1. The van der Waals surface area contributed by atoms with Gasteiger partial charge in [0.15, 0.2) is 0 Å². The number of rotatable bonds is 5. The van der Waals surface area contributed by atoms with Gasteiger partial charge in [-0.15, -0.1) is 0 Å². The van der Waals surface area contributed by atoms with Crippen molar-refractivity contribution in [2.45, 2.75) is 38.8 Å². The van der Waals surface area contributed by atoms with Gasteiger partial charge in [0.05, 0.1) is 12.6 Å². The molecular weight excluding hydrogens is 228 g/mol. The molecule has 2 rings (SSSR count). The van der Waals surface area contributed by atoms with Crippen molar-refractivity contribution in [3.8, 4) is 0 Å². The van der Waals surface area contributed by atoms with Gasteiger partial charge in [0, 0.05) is 32.0 Å². The summed E-state index contributed by atoms with van der Waals surface area (Å²) in [5.74, 6) is 0.232. The highest BCUT2D eigenvalue weighted by molar-refractivity contribution is 5.81. The third kappa shape index (κ3) is 3.57. The van der Waals surface area contributed by atoms with E-state index in [0.717, 1.165) is 39.0 Å². The van der Waals surface area contributed by atoms with E-state index >= 15 is 0 Å². The largest absolute Gasteiger partial charge is 0.341 e. The first-order valence-corrected chi connectivity index (χ1v) is 6.77. The van der Waals surface area contributed by atoms with Crippen molar-refractivity contribution in [1.82, 2.24) is 20.0 Å². The van der Waals surface area contributed by atoms with Gasteiger partial charge in [-0.05, 0) is 32.3 Å². The quantitative estimate of drug-likeness (QED) is 0.844. The third-order valence-corrected chi connectivity index (χ3v) is 3.39. The van der Waals surface area contributed by atoms with Gasteiger partial charge in [-0.2, -0.15) is 5.10 Å². The van der Waals surface area contributed by atoms with Crippen LogP contribution >= 0.6 is 0 Å². The van der Waals surface area contributed by atoms with Gasteiger partial charge in [0.2, 0.25) is 5.91 Å². The fourth-order valence-corrected chi connectivity index (χ4v) is 2.30. The molecule has 1 aliphatic rings. The maximum absolute atomic E-state index is 12.1. The van der Waals surface area contributed by atoms with E-state index in [2.05, 4.69) is 10.4 Å².